The zero-order valence-corrected chi connectivity index (χ0v) is 16.3. The normalized spacial score (nSPS) is 10.9. The van der Waals surface area contributed by atoms with Gasteiger partial charge < -0.3 is 19.7 Å². The third kappa shape index (κ3) is 3.08. The highest BCUT2D eigenvalue weighted by Crippen LogP contribution is 2.45. The van der Waals surface area contributed by atoms with Crippen LogP contribution >= 0.6 is 0 Å². The van der Waals surface area contributed by atoms with Crippen LogP contribution in [0.5, 0.6) is 11.5 Å². The molecule has 0 spiro atoms. The van der Waals surface area contributed by atoms with Gasteiger partial charge in [-0.1, -0.05) is 24.3 Å². The summed E-state index contributed by atoms with van der Waals surface area (Å²) in [6.45, 7) is 0. The van der Waals surface area contributed by atoms with Crippen molar-refractivity contribution in [3.8, 4) is 22.6 Å². The molecule has 30 heavy (non-hydrogen) atoms. The number of methoxy groups -OCH3 is 2. The summed E-state index contributed by atoms with van der Waals surface area (Å²) in [6.07, 6.45) is 0. The maximum atomic E-state index is 12.0. The van der Waals surface area contributed by atoms with Gasteiger partial charge in [0.15, 0.2) is 0 Å². The molecule has 0 bridgehead atoms. The van der Waals surface area contributed by atoms with Crippen molar-refractivity contribution >= 4 is 33.5 Å². The molecular weight excluding hydrogens is 384 g/mol. The first-order valence-corrected chi connectivity index (χ1v) is 9.13. The monoisotopic (exact) mass is 402 g/mol. The number of hydrogen-bond donors (Lipinski definition) is 2. The van der Waals surface area contributed by atoms with Crippen LogP contribution in [0.3, 0.4) is 0 Å². The number of hydrogen-bond acceptors (Lipinski definition) is 6. The number of carbonyl (C=O) groups is 2. The van der Waals surface area contributed by atoms with Gasteiger partial charge in [0.25, 0.3) is 0 Å². The molecule has 4 aromatic rings. The van der Waals surface area contributed by atoms with Gasteiger partial charge in [-0.05, 0) is 57.9 Å². The molecule has 0 saturated carbocycles. The number of ether oxygens (including phenoxy) is 2. The highest BCUT2D eigenvalue weighted by atomic mass is 16.5. The molecule has 0 aromatic heterocycles. The number of aromatic hydroxyl groups is 2. The summed E-state index contributed by atoms with van der Waals surface area (Å²) in [5, 5.41) is 24.1. The van der Waals surface area contributed by atoms with Crippen molar-refractivity contribution < 1.29 is 29.3 Å². The van der Waals surface area contributed by atoms with Gasteiger partial charge in [-0.3, -0.25) is 0 Å². The van der Waals surface area contributed by atoms with Crippen molar-refractivity contribution in [1.29, 1.82) is 0 Å². The Kier molecular flexibility index (Phi) is 4.75. The van der Waals surface area contributed by atoms with E-state index in [4.69, 9.17) is 9.47 Å². The Labute approximate surface area is 171 Å². The zero-order valence-electron chi connectivity index (χ0n) is 16.3. The van der Waals surface area contributed by atoms with E-state index in [1.807, 2.05) is 0 Å². The maximum absolute atomic E-state index is 12.0. The van der Waals surface area contributed by atoms with E-state index in [0.717, 1.165) is 10.8 Å². The molecule has 150 valence electrons. The molecule has 0 heterocycles. The van der Waals surface area contributed by atoms with Crippen molar-refractivity contribution in [1.82, 2.24) is 0 Å². The molecule has 2 N–H and O–H groups in total. The van der Waals surface area contributed by atoms with Crippen LogP contribution in [0.1, 0.15) is 20.7 Å². The average Bonchev–Trinajstić information content (AvgIpc) is 2.78. The van der Waals surface area contributed by atoms with Crippen LogP contribution in [0.15, 0.2) is 60.7 Å². The lowest BCUT2D eigenvalue weighted by molar-refractivity contribution is 0.0592. The first kappa shape index (κ1) is 19.3. The van der Waals surface area contributed by atoms with Gasteiger partial charge in [0.2, 0.25) is 0 Å². The first-order chi connectivity index (χ1) is 14.4. The molecule has 0 aliphatic rings. The van der Waals surface area contributed by atoms with Crippen LogP contribution in [0.2, 0.25) is 0 Å². The second-order valence-electron chi connectivity index (χ2n) is 6.77. The molecule has 0 unspecified atom stereocenters. The van der Waals surface area contributed by atoms with Crippen LogP contribution in [0.4, 0.5) is 0 Å². The molecule has 4 rings (SSSR count). The van der Waals surface area contributed by atoms with E-state index >= 15 is 0 Å². The molecule has 0 radical (unpaired) electrons. The van der Waals surface area contributed by atoms with Gasteiger partial charge in [-0.25, -0.2) is 9.59 Å². The van der Waals surface area contributed by atoms with Gasteiger partial charge in [-0.15, -0.1) is 0 Å². The van der Waals surface area contributed by atoms with Crippen molar-refractivity contribution in [2.75, 3.05) is 14.2 Å². The molecule has 6 nitrogen and oxygen atoms in total. The minimum atomic E-state index is -0.513. The highest BCUT2D eigenvalue weighted by Gasteiger charge is 2.19. The molecule has 6 heteroatoms. The summed E-state index contributed by atoms with van der Waals surface area (Å²) in [5.74, 6) is -1.17. The summed E-state index contributed by atoms with van der Waals surface area (Å²) < 4.78 is 9.61. The van der Waals surface area contributed by atoms with Crippen LogP contribution in [-0.4, -0.2) is 36.4 Å². The third-order valence-corrected chi connectivity index (χ3v) is 5.09. The average molecular weight is 402 g/mol. The number of fused-ring (bicyclic) bond motifs is 2. The fourth-order valence-electron chi connectivity index (χ4n) is 3.63. The second-order valence-corrected chi connectivity index (χ2v) is 6.77. The predicted octanol–water partition coefficient (Wildman–Crippen LogP) is 4.64. The summed E-state index contributed by atoms with van der Waals surface area (Å²) in [4.78, 5) is 24.1. The van der Waals surface area contributed by atoms with E-state index in [9.17, 15) is 19.8 Å². The summed E-state index contributed by atoms with van der Waals surface area (Å²) in [5.41, 5.74) is 1.32. The Hall–Kier alpha value is -4.06. The van der Waals surface area contributed by atoms with Crippen molar-refractivity contribution in [2.24, 2.45) is 0 Å². The van der Waals surface area contributed by atoms with Gasteiger partial charge in [0.05, 0.1) is 25.3 Å². The Morgan fingerprint density at radius 1 is 0.633 bits per heavy atom. The van der Waals surface area contributed by atoms with Crippen LogP contribution in [0.25, 0.3) is 32.7 Å². The summed E-state index contributed by atoms with van der Waals surface area (Å²) in [7, 11) is 2.58. The van der Waals surface area contributed by atoms with E-state index in [2.05, 4.69) is 0 Å². The molecule has 0 amide bonds. The van der Waals surface area contributed by atoms with E-state index < -0.39 is 11.9 Å². The van der Waals surface area contributed by atoms with Crippen molar-refractivity contribution in [3.63, 3.8) is 0 Å². The fourth-order valence-corrected chi connectivity index (χ4v) is 3.63. The molecule has 0 saturated heterocycles. The van der Waals surface area contributed by atoms with Gasteiger partial charge in [-0.2, -0.15) is 0 Å². The maximum Gasteiger partial charge on any atom is 0.337 e. The van der Waals surface area contributed by atoms with E-state index in [1.165, 1.54) is 26.4 Å². The number of rotatable bonds is 3. The summed E-state index contributed by atoms with van der Waals surface area (Å²) >= 11 is 0. The zero-order chi connectivity index (χ0) is 21.4. The molecular formula is C24H18O6. The Morgan fingerprint density at radius 2 is 1.00 bits per heavy atom. The molecule has 0 fully saturated rings. The van der Waals surface area contributed by atoms with Crippen LogP contribution in [0, 0.1) is 0 Å². The molecule has 0 aliphatic heterocycles. The molecule has 0 atom stereocenters. The molecule has 4 aromatic carbocycles. The predicted molar refractivity (Wildman–Crippen MR) is 113 cm³/mol. The Morgan fingerprint density at radius 3 is 1.37 bits per heavy atom. The number of phenols is 2. The lowest BCUT2D eigenvalue weighted by Gasteiger charge is -2.15. The second kappa shape index (κ2) is 7.40. The summed E-state index contributed by atoms with van der Waals surface area (Å²) in [6, 6.07) is 16.5. The van der Waals surface area contributed by atoms with Gasteiger partial charge in [0, 0.05) is 11.1 Å². The minimum Gasteiger partial charge on any atom is -0.507 e. The number of benzene rings is 4. The lowest BCUT2D eigenvalue weighted by Crippen LogP contribution is -2.01. The first-order valence-electron chi connectivity index (χ1n) is 9.13. The lowest BCUT2D eigenvalue weighted by atomic mass is 9.91. The molecule has 0 aliphatic carbocycles. The topological polar surface area (TPSA) is 93.1 Å². The van der Waals surface area contributed by atoms with Gasteiger partial charge in [0.1, 0.15) is 11.5 Å². The SMILES string of the molecule is COC(=O)c1ccc2ccc(O)c(-c3c(O)ccc4ccc(C(=O)OC)cc34)c2c1. The third-order valence-electron chi connectivity index (χ3n) is 5.09. The van der Waals surface area contributed by atoms with E-state index in [1.54, 1.807) is 48.5 Å². The quantitative estimate of drug-likeness (QED) is 0.485. The smallest absolute Gasteiger partial charge is 0.337 e. The standard InChI is InChI=1S/C24H18O6/c1-29-23(27)15-5-3-13-7-9-19(25)21(17(13)11-15)22-18-12-16(24(28)30-2)6-4-14(18)8-10-20(22)26/h3-12,25-26H,1-2H3. The van der Waals surface area contributed by atoms with Gasteiger partial charge >= 0.3 is 11.9 Å². The minimum absolute atomic E-state index is 0.0733. The fraction of sp³-hybridized carbons (Fsp3) is 0.0833. The Bertz CT molecular complexity index is 1220. The number of carbonyl (C=O) groups excluding carboxylic acids is 2. The number of phenolic OH excluding ortho intramolecular Hbond substituents is 2. The Balaban J connectivity index is 2.11. The van der Waals surface area contributed by atoms with E-state index in [-0.39, 0.29) is 11.5 Å². The van der Waals surface area contributed by atoms with Crippen LogP contribution < -0.4 is 0 Å². The van der Waals surface area contributed by atoms with Crippen molar-refractivity contribution in [2.45, 2.75) is 0 Å². The highest BCUT2D eigenvalue weighted by molar-refractivity contribution is 6.12. The number of esters is 2. The van der Waals surface area contributed by atoms with E-state index in [0.29, 0.717) is 33.0 Å². The largest absolute Gasteiger partial charge is 0.507 e. The van der Waals surface area contributed by atoms with Crippen molar-refractivity contribution in [3.05, 3.63) is 71.8 Å². The van der Waals surface area contributed by atoms with Crippen LogP contribution in [-0.2, 0) is 9.47 Å².